The van der Waals surface area contributed by atoms with Crippen molar-refractivity contribution in [2.24, 2.45) is 11.3 Å². The van der Waals surface area contributed by atoms with E-state index in [1.165, 1.54) is 11.3 Å². The summed E-state index contributed by atoms with van der Waals surface area (Å²) in [6.07, 6.45) is 4.46. The number of carbonyl (C=O) groups is 1. The molecule has 0 radical (unpaired) electrons. The molecule has 7 heteroatoms. The molecule has 1 aromatic rings. The fourth-order valence-electron chi connectivity index (χ4n) is 3.62. The molecule has 2 heterocycles. The first-order valence-corrected chi connectivity index (χ1v) is 8.85. The van der Waals surface area contributed by atoms with Gasteiger partial charge in [-0.15, -0.1) is 10.2 Å². The minimum atomic E-state index is -0.193. The summed E-state index contributed by atoms with van der Waals surface area (Å²) in [7, 11) is 0. The maximum atomic E-state index is 12.2. The van der Waals surface area contributed by atoms with Crippen molar-refractivity contribution in [1.29, 1.82) is 0 Å². The van der Waals surface area contributed by atoms with E-state index >= 15 is 0 Å². The number of carbonyl (C=O) groups excluding carboxylic acids is 1. The van der Waals surface area contributed by atoms with Gasteiger partial charge >= 0.3 is 6.03 Å². The van der Waals surface area contributed by atoms with Crippen molar-refractivity contribution < 1.29 is 9.53 Å². The predicted octanol–water partition coefficient (Wildman–Crippen LogP) is 2.82. The number of amides is 2. The highest BCUT2D eigenvalue weighted by Crippen LogP contribution is 2.52. The van der Waals surface area contributed by atoms with Gasteiger partial charge in [0, 0.05) is 30.4 Å². The Morgan fingerprint density at radius 1 is 1.45 bits per heavy atom. The number of aryl methyl sites for hydroxylation is 1. The van der Waals surface area contributed by atoms with E-state index in [1.54, 1.807) is 0 Å². The lowest BCUT2D eigenvalue weighted by atomic mass is 9.57. The highest BCUT2D eigenvalue weighted by atomic mass is 32.1. The molecule has 0 bridgehead atoms. The Labute approximate surface area is 135 Å². The third-order valence-corrected chi connectivity index (χ3v) is 5.72. The van der Waals surface area contributed by atoms with E-state index in [0.717, 1.165) is 37.3 Å². The van der Waals surface area contributed by atoms with Gasteiger partial charge in [-0.3, -0.25) is 5.32 Å². The normalized spacial score (nSPS) is 28.8. The molecule has 3 rings (SSSR count). The first-order chi connectivity index (χ1) is 10.5. The van der Waals surface area contributed by atoms with Gasteiger partial charge in [-0.1, -0.05) is 38.5 Å². The van der Waals surface area contributed by atoms with E-state index in [9.17, 15) is 4.79 Å². The van der Waals surface area contributed by atoms with Crippen molar-refractivity contribution in [2.45, 2.75) is 58.6 Å². The van der Waals surface area contributed by atoms with Crippen LogP contribution in [0.1, 0.15) is 45.0 Å². The Morgan fingerprint density at radius 3 is 3.05 bits per heavy atom. The molecule has 1 aromatic heterocycles. The van der Waals surface area contributed by atoms with Crippen LogP contribution in [-0.2, 0) is 11.2 Å². The number of nitrogens with one attached hydrogen (secondary N) is 2. The summed E-state index contributed by atoms with van der Waals surface area (Å²) < 4.78 is 5.75. The van der Waals surface area contributed by atoms with Gasteiger partial charge in [0.25, 0.3) is 0 Å². The number of anilines is 1. The predicted molar refractivity (Wildman–Crippen MR) is 86.1 cm³/mol. The molecule has 1 saturated heterocycles. The summed E-state index contributed by atoms with van der Waals surface area (Å²) in [4.78, 5) is 12.2. The number of nitrogens with zero attached hydrogens (tertiary/aromatic N) is 2. The van der Waals surface area contributed by atoms with Crippen LogP contribution in [0.15, 0.2) is 0 Å². The number of rotatable bonds is 5. The fraction of sp³-hybridized carbons (Fsp3) is 0.800. The van der Waals surface area contributed by atoms with E-state index in [1.807, 2.05) is 0 Å². The Bertz CT molecular complexity index is 545. The minimum Gasteiger partial charge on any atom is -0.377 e. The Balaban J connectivity index is 1.53. The molecular formula is C15H24N4O2S. The SMILES string of the molecule is CCCCc1nnc(NC(=O)N[C@@H]2[C@H]3CCO[C@@H]3C2(C)C)s1. The number of ether oxygens (including phenoxy) is 1. The van der Waals surface area contributed by atoms with Crippen molar-refractivity contribution >= 4 is 22.5 Å². The van der Waals surface area contributed by atoms with E-state index in [0.29, 0.717) is 11.0 Å². The zero-order valence-electron chi connectivity index (χ0n) is 13.4. The van der Waals surface area contributed by atoms with Crippen LogP contribution in [0.3, 0.4) is 0 Å². The van der Waals surface area contributed by atoms with Gasteiger partial charge in [0.1, 0.15) is 5.01 Å². The van der Waals surface area contributed by atoms with Crippen molar-refractivity contribution in [2.75, 3.05) is 11.9 Å². The third-order valence-electron chi connectivity index (χ3n) is 4.82. The van der Waals surface area contributed by atoms with E-state index in [-0.39, 0.29) is 23.6 Å². The van der Waals surface area contributed by atoms with Crippen LogP contribution in [0, 0.1) is 11.3 Å². The lowest BCUT2D eigenvalue weighted by Crippen LogP contribution is -2.67. The van der Waals surface area contributed by atoms with Gasteiger partial charge in [0.05, 0.1) is 6.10 Å². The number of fused-ring (bicyclic) bond motifs is 1. The zero-order chi connectivity index (χ0) is 15.7. The first kappa shape index (κ1) is 15.7. The molecule has 6 nitrogen and oxygen atoms in total. The quantitative estimate of drug-likeness (QED) is 0.873. The first-order valence-electron chi connectivity index (χ1n) is 8.04. The smallest absolute Gasteiger partial charge is 0.321 e. The Morgan fingerprint density at radius 2 is 2.27 bits per heavy atom. The minimum absolute atomic E-state index is 0.00801. The van der Waals surface area contributed by atoms with Gasteiger partial charge < -0.3 is 10.1 Å². The summed E-state index contributed by atoms with van der Waals surface area (Å²) >= 11 is 1.45. The fourth-order valence-corrected chi connectivity index (χ4v) is 4.40. The van der Waals surface area contributed by atoms with E-state index < -0.39 is 0 Å². The van der Waals surface area contributed by atoms with Crippen LogP contribution in [0.2, 0.25) is 0 Å². The van der Waals surface area contributed by atoms with Crippen LogP contribution in [0.5, 0.6) is 0 Å². The second-order valence-corrected chi connectivity index (χ2v) is 7.81. The third kappa shape index (κ3) is 2.84. The van der Waals surface area contributed by atoms with Crippen molar-refractivity contribution in [3.05, 3.63) is 5.01 Å². The van der Waals surface area contributed by atoms with Gasteiger partial charge in [-0.25, -0.2) is 4.79 Å². The number of urea groups is 1. The lowest BCUT2D eigenvalue weighted by molar-refractivity contribution is -0.107. The van der Waals surface area contributed by atoms with Gasteiger partial charge in [-0.05, 0) is 12.8 Å². The topological polar surface area (TPSA) is 76.1 Å². The standard InChI is InChI=1S/C15H24N4O2S/c1-4-5-6-10-18-19-14(22-10)17-13(20)16-11-9-7-8-21-12(9)15(11,2)3/h9,11-12H,4-8H2,1-3H3,(H2,16,17,19,20)/t9-,11-,12+/m1/s1. The molecule has 2 fully saturated rings. The molecule has 2 aliphatic rings. The summed E-state index contributed by atoms with van der Waals surface area (Å²) in [6, 6.07) is -0.0332. The van der Waals surface area contributed by atoms with Crippen LogP contribution >= 0.6 is 11.3 Å². The maximum absolute atomic E-state index is 12.2. The average Bonchev–Trinajstić information content (AvgIpc) is 3.10. The van der Waals surface area contributed by atoms with Crippen molar-refractivity contribution in [1.82, 2.24) is 15.5 Å². The number of aromatic nitrogens is 2. The number of hydrogen-bond acceptors (Lipinski definition) is 5. The molecule has 3 atom stereocenters. The van der Waals surface area contributed by atoms with Crippen LogP contribution in [0.4, 0.5) is 9.93 Å². The molecule has 122 valence electrons. The van der Waals surface area contributed by atoms with Gasteiger partial charge in [0.2, 0.25) is 5.13 Å². The number of unbranched alkanes of at least 4 members (excludes halogenated alkanes) is 1. The van der Waals surface area contributed by atoms with Crippen molar-refractivity contribution in [3.8, 4) is 0 Å². The highest BCUT2D eigenvalue weighted by molar-refractivity contribution is 7.15. The number of hydrogen-bond donors (Lipinski definition) is 2. The second kappa shape index (κ2) is 6.12. The molecule has 0 aromatic carbocycles. The van der Waals surface area contributed by atoms with Gasteiger partial charge in [0.15, 0.2) is 0 Å². The summed E-state index contributed by atoms with van der Waals surface area (Å²) in [5.74, 6) is 0.440. The van der Waals surface area contributed by atoms with Crippen LogP contribution < -0.4 is 10.6 Å². The highest BCUT2D eigenvalue weighted by Gasteiger charge is 2.59. The lowest BCUT2D eigenvalue weighted by Gasteiger charge is -2.54. The van der Waals surface area contributed by atoms with Gasteiger partial charge in [-0.2, -0.15) is 0 Å². The summed E-state index contributed by atoms with van der Waals surface area (Å²) in [6.45, 7) is 7.25. The van der Waals surface area contributed by atoms with E-state index in [4.69, 9.17) is 4.74 Å². The molecule has 2 amide bonds. The molecule has 0 unspecified atom stereocenters. The zero-order valence-corrected chi connectivity index (χ0v) is 14.2. The summed E-state index contributed by atoms with van der Waals surface area (Å²) in [5, 5.41) is 15.6. The molecule has 2 N–H and O–H groups in total. The molecule has 1 aliphatic carbocycles. The average molecular weight is 324 g/mol. The van der Waals surface area contributed by atoms with E-state index in [2.05, 4.69) is 41.6 Å². The molecule has 1 saturated carbocycles. The molecule has 22 heavy (non-hydrogen) atoms. The second-order valence-electron chi connectivity index (χ2n) is 6.75. The molecule has 0 spiro atoms. The van der Waals surface area contributed by atoms with Crippen LogP contribution in [0.25, 0.3) is 0 Å². The monoisotopic (exact) mass is 324 g/mol. The summed E-state index contributed by atoms with van der Waals surface area (Å²) in [5.41, 5.74) is -0.00801. The Hall–Kier alpha value is -1.21. The largest absolute Gasteiger partial charge is 0.377 e. The maximum Gasteiger partial charge on any atom is 0.321 e. The van der Waals surface area contributed by atoms with Crippen molar-refractivity contribution in [3.63, 3.8) is 0 Å². The Kier molecular flexibility index (Phi) is 4.36. The molecule has 1 aliphatic heterocycles. The molecular weight excluding hydrogens is 300 g/mol. The van der Waals surface area contributed by atoms with Crippen LogP contribution in [-0.4, -0.2) is 35.0 Å².